The minimum absolute atomic E-state index is 0.0302. The smallest absolute Gasteiger partial charge is 0.261 e. The molecule has 1 amide bonds. The van der Waals surface area contributed by atoms with Crippen molar-refractivity contribution in [3.05, 3.63) is 51.2 Å². The van der Waals surface area contributed by atoms with Gasteiger partial charge in [-0.25, -0.2) is 8.42 Å². The summed E-state index contributed by atoms with van der Waals surface area (Å²) in [5, 5.41) is 5.40. The zero-order valence-electron chi connectivity index (χ0n) is 14.2. The maximum absolute atomic E-state index is 13.0. The van der Waals surface area contributed by atoms with Gasteiger partial charge in [0.2, 0.25) is 10.0 Å². The van der Waals surface area contributed by atoms with E-state index >= 15 is 0 Å². The lowest BCUT2D eigenvalue weighted by Gasteiger charge is -2.31. The van der Waals surface area contributed by atoms with Gasteiger partial charge in [0.15, 0.2) is 0 Å². The first kappa shape index (κ1) is 18.0. The monoisotopic (exact) mass is 410 g/mol. The van der Waals surface area contributed by atoms with Gasteiger partial charge in [-0.2, -0.15) is 4.31 Å². The number of fused-ring (bicyclic) bond motifs is 2. The average Bonchev–Trinajstić information content (AvgIpc) is 3.33. The van der Waals surface area contributed by atoms with Crippen molar-refractivity contribution in [1.82, 2.24) is 9.62 Å². The second-order valence-electron chi connectivity index (χ2n) is 6.93. The van der Waals surface area contributed by atoms with E-state index in [0.29, 0.717) is 22.9 Å². The number of aryl methyl sites for hydroxylation is 1. The Morgan fingerprint density at radius 2 is 2.12 bits per heavy atom. The van der Waals surface area contributed by atoms with Crippen LogP contribution < -0.4 is 5.32 Å². The van der Waals surface area contributed by atoms with Gasteiger partial charge in [0.05, 0.1) is 9.77 Å². The van der Waals surface area contributed by atoms with Crippen LogP contribution in [-0.2, 0) is 10.0 Å². The molecule has 1 saturated heterocycles. The van der Waals surface area contributed by atoms with Crippen molar-refractivity contribution < 1.29 is 13.2 Å². The van der Waals surface area contributed by atoms with E-state index in [2.05, 4.69) is 5.32 Å². The second kappa shape index (κ2) is 6.64. The van der Waals surface area contributed by atoms with Gasteiger partial charge in [-0.3, -0.25) is 4.79 Å². The molecule has 2 aliphatic rings. The lowest BCUT2D eigenvalue weighted by Crippen LogP contribution is -2.47. The van der Waals surface area contributed by atoms with Crippen molar-refractivity contribution in [1.29, 1.82) is 0 Å². The van der Waals surface area contributed by atoms with E-state index in [1.165, 1.54) is 17.4 Å². The Balaban J connectivity index is 1.47. The fraction of sp³-hybridized carbons (Fsp3) is 0.389. The summed E-state index contributed by atoms with van der Waals surface area (Å²) in [7, 11) is -3.57. The zero-order valence-corrected chi connectivity index (χ0v) is 16.6. The maximum atomic E-state index is 13.0. The summed E-state index contributed by atoms with van der Waals surface area (Å²) in [5.74, 6) is 0.0804. The topological polar surface area (TPSA) is 66.5 Å². The Morgan fingerprint density at radius 3 is 2.73 bits per heavy atom. The molecule has 0 unspecified atom stereocenters. The van der Waals surface area contributed by atoms with E-state index in [-0.39, 0.29) is 28.8 Å². The molecule has 26 heavy (non-hydrogen) atoms. The number of hydrogen-bond donors (Lipinski definition) is 1. The van der Waals surface area contributed by atoms with Gasteiger partial charge < -0.3 is 5.32 Å². The molecule has 1 saturated carbocycles. The van der Waals surface area contributed by atoms with Crippen LogP contribution >= 0.6 is 22.9 Å². The molecule has 5 nitrogen and oxygen atoms in total. The molecule has 1 aromatic heterocycles. The van der Waals surface area contributed by atoms with E-state index in [1.54, 1.807) is 22.5 Å². The van der Waals surface area contributed by atoms with Gasteiger partial charge in [0, 0.05) is 23.7 Å². The summed E-state index contributed by atoms with van der Waals surface area (Å²) in [6.07, 6.45) is 1.44. The fourth-order valence-electron chi connectivity index (χ4n) is 3.90. The summed E-state index contributed by atoms with van der Waals surface area (Å²) in [5.41, 5.74) is 0.852. The Morgan fingerprint density at radius 1 is 1.31 bits per heavy atom. The van der Waals surface area contributed by atoms with E-state index in [4.69, 9.17) is 11.6 Å². The highest BCUT2D eigenvalue weighted by atomic mass is 35.5. The van der Waals surface area contributed by atoms with Crippen molar-refractivity contribution in [2.75, 3.05) is 6.54 Å². The highest BCUT2D eigenvalue weighted by molar-refractivity contribution is 7.89. The molecular weight excluding hydrogens is 392 g/mol. The number of carbonyl (C=O) groups is 1. The number of piperidine rings is 1. The maximum Gasteiger partial charge on any atom is 0.261 e. The highest BCUT2D eigenvalue weighted by Crippen LogP contribution is 2.41. The first-order chi connectivity index (χ1) is 12.4. The first-order valence-electron chi connectivity index (χ1n) is 8.48. The number of halogens is 1. The van der Waals surface area contributed by atoms with Crippen molar-refractivity contribution in [2.45, 2.75) is 36.7 Å². The normalized spacial score (nSPS) is 25.5. The Bertz CT molecular complexity index is 943. The molecule has 138 valence electrons. The number of amides is 1. The fourth-order valence-corrected chi connectivity index (χ4v) is 6.50. The van der Waals surface area contributed by atoms with Crippen LogP contribution in [0.2, 0.25) is 5.02 Å². The number of sulfonamides is 1. The number of rotatable bonds is 4. The first-order valence-corrected chi connectivity index (χ1v) is 11.2. The lowest BCUT2D eigenvalue weighted by molar-refractivity contribution is 0.0923. The van der Waals surface area contributed by atoms with Crippen LogP contribution in [0.15, 0.2) is 40.6 Å². The number of carbonyl (C=O) groups excluding carboxylic acids is 1. The minimum atomic E-state index is -3.57. The molecule has 8 heteroatoms. The molecule has 0 spiro atoms. The third kappa shape index (κ3) is 3.07. The van der Waals surface area contributed by atoms with Gasteiger partial charge in [-0.05, 0) is 54.8 Å². The van der Waals surface area contributed by atoms with Crippen LogP contribution in [0.1, 0.15) is 28.1 Å². The highest BCUT2D eigenvalue weighted by Gasteiger charge is 2.49. The molecule has 2 fully saturated rings. The van der Waals surface area contributed by atoms with Crippen molar-refractivity contribution >= 4 is 38.9 Å². The summed E-state index contributed by atoms with van der Waals surface area (Å²) in [4.78, 5) is 13.2. The summed E-state index contributed by atoms with van der Waals surface area (Å²) >= 11 is 7.51. The van der Waals surface area contributed by atoms with E-state index in [1.807, 2.05) is 18.4 Å². The quantitative estimate of drug-likeness (QED) is 0.840. The third-order valence-corrected chi connectivity index (χ3v) is 8.49. The van der Waals surface area contributed by atoms with Gasteiger partial charge in [-0.1, -0.05) is 23.7 Å². The molecule has 1 aliphatic heterocycles. The summed E-state index contributed by atoms with van der Waals surface area (Å²) in [6, 6.07) is 8.47. The second-order valence-corrected chi connectivity index (χ2v) is 10.2. The predicted octanol–water partition coefficient (Wildman–Crippen LogP) is 3.29. The Hall–Kier alpha value is -1.41. The number of nitrogens with one attached hydrogen (secondary N) is 1. The van der Waals surface area contributed by atoms with Crippen LogP contribution in [-0.4, -0.2) is 37.3 Å². The van der Waals surface area contributed by atoms with Crippen molar-refractivity contribution in [2.24, 2.45) is 5.92 Å². The van der Waals surface area contributed by atoms with Crippen LogP contribution in [0.25, 0.3) is 0 Å². The van der Waals surface area contributed by atoms with Gasteiger partial charge in [0.1, 0.15) is 0 Å². The van der Waals surface area contributed by atoms with E-state index < -0.39 is 10.0 Å². The largest absolute Gasteiger partial charge is 0.348 e. The Labute approximate surface area is 162 Å². The molecule has 1 aliphatic carbocycles. The van der Waals surface area contributed by atoms with Crippen molar-refractivity contribution in [3.8, 4) is 0 Å². The number of nitrogens with zero attached hydrogens (tertiary/aromatic N) is 1. The van der Waals surface area contributed by atoms with Crippen LogP contribution in [0.3, 0.4) is 0 Å². The molecule has 2 bridgehead atoms. The SMILES string of the molecule is Cc1ccc(S(=O)(=O)N2C[C@@H]3C[C@H]2C[C@@H]3NC(=O)c2cccs2)cc1Cl. The zero-order chi connectivity index (χ0) is 18.5. The molecule has 4 rings (SSSR count). The molecular formula is C18H19ClN2O3S2. The van der Waals surface area contributed by atoms with Crippen molar-refractivity contribution in [3.63, 3.8) is 0 Å². The lowest BCUT2D eigenvalue weighted by atomic mass is 10.0. The number of hydrogen-bond acceptors (Lipinski definition) is 4. The van der Waals surface area contributed by atoms with Gasteiger partial charge >= 0.3 is 0 Å². The van der Waals surface area contributed by atoms with Crippen LogP contribution in [0.5, 0.6) is 0 Å². The molecule has 1 aromatic carbocycles. The Kier molecular flexibility index (Phi) is 4.59. The molecule has 2 aromatic rings. The summed E-state index contributed by atoms with van der Waals surface area (Å²) < 4.78 is 27.5. The third-order valence-electron chi connectivity index (χ3n) is 5.30. The molecule has 0 radical (unpaired) electrons. The number of thiophene rings is 1. The van der Waals surface area contributed by atoms with Crippen LogP contribution in [0.4, 0.5) is 0 Å². The average molecular weight is 411 g/mol. The van der Waals surface area contributed by atoms with Gasteiger partial charge in [-0.15, -0.1) is 11.3 Å². The molecule has 3 atom stereocenters. The summed E-state index contributed by atoms with van der Waals surface area (Å²) in [6.45, 7) is 2.28. The van der Waals surface area contributed by atoms with Gasteiger partial charge in [0.25, 0.3) is 5.91 Å². The predicted molar refractivity (Wildman–Crippen MR) is 102 cm³/mol. The standard InChI is InChI=1S/C18H19ClN2O3S2/c1-11-4-5-14(9-15(11)19)26(23,24)21-10-12-7-13(21)8-16(12)20-18(22)17-3-2-6-25-17/h2-6,9,12-13,16H,7-8,10H2,1H3,(H,20,22)/t12-,13-,16-/m0/s1. The van der Waals surface area contributed by atoms with E-state index in [0.717, 1.165) is 12.0 Å². The minimum Gasteiger partial charge on any atom is -0.348 e. The van der Waals surface area contributed by atoms with Crippen LogP contribution in [0, 0.1) is 12.8 Å². The molecule has 2 heterocycles. The number of benzene rings is 1. The molecule has 1 N–H and O–H groups in total. The van der Waals surface area contributed by atoms with E-state index in [9.17, 15) is 13.2 Å².